The van der Waals surface area contributed by atoms with Crippen molar-refractivity contribution in [3.63, 3.8) is 0 Å². The Bertz CT molecular complexity index is 1090. The van der Waals surface area contributed by atoms with Gasteiger partial charge in [-0.05, 0) is 11.6 Å². The van der Waals surface area contributed by atoms with E-state index in [0.29, 0.717) is 0 Å². The molecule has 1 aliphatic rings. The molecule has 1 aromatic heterocycles. The molecule has 2 aromatic rings. The zero-order chi connectivity index (χ0) is 23.3. The van der Waals surface area contributed by atoms with Gasteiger partial charge in [-0.3, -0.25) is 19.1 Å². The molecule has 5 atom stereocenters. The van der Waals surface area contributed by atoms with Gasteiger partial charge in [0.15, 0.2) is 6.23 Å². The van der Waals surface area contributed by atoms with Crippen molar-refractivity contribution in [2.24, 2.45) is 0 Å². The van der Waals surface area contributed by atoms with E-state index in [-0.39, 0.29) is 6.42 Å². The van der Waals surface area contributed by atoms with Gasteiger partial charge in [-0.25, -0.2) is 9.59 Å². The molecule has 0 radical (unpaired) electrons. The molecule has 2 heterocycles. The lowest BCUT2D eigenvalue weighted by atomic mass is 10.1. The van der Waals surface area contributed by atoms with E-state index in [9.17, 15) is 29.4 Å². The third kappa shape index (κ3) is 5.38. The van der Waals surface area contributed by atoms with Crippen LogP contribution >= 0.6 is 0 Å². The van der Waals surface area contributed by atoms with Crippen LogP contribution in [0.4, 0.5) is 0 Å². The van der Waals surface area contributed by atoms with Crippen molar-refractivity contribution in [2.45, 2.75) is 37.0 Å². The van der Waals surface area contributed by atoms with E-state index < -0.39 is 53.7 Å². The highest BCUT2D eigenvalue weighted by Gasteiger charge is 2.43. The molecule has 1 aliphatic heterocycles. The van der Waals surface area contributed by atoms with Gasteiger partial charge in [0.25, 0.3) is 5.56 Å². The number of nitrogens with zero attached hydrogens (tertiary/aromatic N) is 1. The Balaban J connectivity index is 1.67. The maximum Gasteiger partial charge on any atom is 0.330 e. The van der Waals surface area contributed by atoms with Crippen LogP contribution in [0.5, 0.6) is 0 Å². The Morgan fingerprint density at radius 2 is 1.94 bits per heavy atom. The van der Waals surface area contributed by atoms with Crippen molar-refractivity contribution in [3.8, 4) is 0 Å². The molecule has 0 saturated carbocycles. The van der Waals surface area contributed by atoms with Crippen molar-refractivity contribution < 1.29 is 29.3 Å². The summed E-state index contributed by atoms with van der Waals surface area (Å²) in [5.41, 5.74) is -0.625. The number of H-pyrrole nitrogens is 1. The highest BCUT2D eigenvalue weighted by molar-refractivity contribution is 5.91. The molecular formula is C21H23N3O8. The topological polar surface area (TPSA) is 160 Å². The van der Waals surface area contributed by atoms with E-state index in [2.05, 4.69) is 5.32 Å². The van der Waals surface area contributed by atoms with Gasteiger partial charge >= 0.3 is 11.7 Å². The first-order chi connectivity index (χ1) is 15.3. The van der Waals surface area contributed by atoms with Crippen LogP contribution in [0.25, 0.3) is 0 Å². The summed E-state index contributed by atoms with van der Waals surface area (Å²) in [6.07, 6.45) is -1.72. The molecule has 0 aliphatic carbocycles. The average Bonchev–Trinajstić information content (AvgIpc) is 3.06. The minimum atomic E-state index is -1.49. The van der Waals surface area contributed by atoms with E-state index in [1.807, 2.05) is 11.1 Å². The quantitative estimate of drug-likeness (QED) is 0.299. The molecule has 11 nitrogen and oxygen atoms in total. The SMILES string of the molecule is COC(=O)[C@H](Cc1ccccc1)NC(=O)/C=C/[C@H]1O[C@@H](n2ccc(=O)[nH]c2=O)[C@H](O)[C@@H]1O. The lowest BCUT2D eigenvalue weighted by molar-refractivity contribution is -0.144. The number of ether oxygens (including phenoxy) is 2. The number of aliphatic hydroxyl groups excluding tert-OH is 2. The first-order valence-corrected chi connectivity index (χ1v) is 9.73. The highest BCUT2D eigenvalue weighted by atomic mass is 16.6. The summed E-state index contributed by atoms with van der Waals surface area (Å²) < 4.78 is 11.2. The van der Waals surface area contributed by atoms with E-state index in [0.717, 1.165) is 28.5 Å². The van der Waals surface area contributed by atoms with Crippen LogP contribution in [-0.2, 0) is 25.5 Å². The fourth-order valence-electron chi connectivity index (χ4n) is 3.29. The molecule has 1 fully saturated rings. The number of aromatic amines is 1. The standard InChI is InChI=1S/C21H23N3O8/c1-31-20(29)13(11-12-5-3-2-4-6-12)22-15(25)8-7-14-17(27)18(28)19(32-14)24-10-9-16(26)23-21(24)30/h2-10,13-14,17-19,27-28H,11H2,1H3,(H,22,25)(H,23,26,30)/b8-7+/t13-,14+,17+,18+,19+/m0/s1. The smallest absolute Gasteiger partial charge is 0.330 e. The summed E-state index contributed by atoms with van der Waals surface area (Å²) >= 11 is 0. The number of esters is 1. The second-order valence-electron chi connectivity index (χ2n) is 7.12. The van der Waals surface area contributed by atoms with Gasteiger partial charge < -0.3 is 25.0 Å². The molecule has 170 valence electrons. The number of benzene rings is 1. The van der Waals surface area contributed by atoms with Gasteiger partial charge in [-0.1, -0.05) is 30.3 Å². The number of nitrogens with one attached hydrogen (secondary N) is 2. The predicted molar refractivity (Wildman–Crippen MR) is 110 cm³/mol. The number of aliphatic hydroxyl groups is 2. The van der Waals surface area contributed by atoms with E-state index in [4.69, 9.17) is 9.47 Å². The van der Waals surface area contributed by atoms with Crippen LogP contribution in [-0.4, -0.2) is 63.1 Å². The third-order valence-electron chi connectivity index (χ3n) is 4.92. The maximum absolute atomic E-state index is 12.4. The van der Waals surface area contributed by atoms with E-state index in [1.54, 1.807) is 24.3 Å². The summed E-state index contributed by atoms with van der Waals surface area (Å²) in [5, 5.41) is 23.0. The van der Waals surface area contributed by atoms with Crippen molar-refractivity contribution in [1.29, 1.82) is 0 Å². The van der Waals surface area contributed by atoms with Crippen molar-refractivity contribution in [1.82, 2.24) is 14.9 Å². The predicted octanol–water partition coefficient (Wildman–Crippen LogP) is -1.39. The van der Waals surface area contributed by atoms with Gasteiger partial charge in [-0.2, -0.15) is 0 Å². The number of hydrogen-bond donors (Lipinski definition) is 4. The number of rotatable bonds is 7. The Morgan fingerprint density at radius 1 is 1.22 bits per heavy atom. The maximum atomic E-state index is 12.4. The lowest BCUT2D eigenvalue weighted by Gasteiger charge is -2.16. The van der Waals surface area contributed by atoms with Gasteiger partial charge in [0.05, 0.1) is 7.11 Å². The van der Waals surface area contributed by atoms with Gasteiger partial charge in [0.2, 0.25) is 5.91 Å². The molecule has 11 heteroatoms. The Hall–Kier alpha value is -3.54. The number of amides is 1. The third-order valence-corrected chi connectivity index (χ3v) is 4.92. The second kappa shape index (κ2) is 10.2. The number of carbonyl (C=O) groups is 2. The highest BCUT2D eigenvalue weighted by Crippen LogP contribution is 2.28. The first-order valence-electron chi connectivity index (χ1n) is 9.73. The molecule has 32 heavy (non-hydrogen) atoms. The Morgan fingerprint density at radius 3 is 2.59 bits per heavy atom. The lowest BCUT2D eigenvalue weighted by Crippen LogP contribution is -2.42. The van der Waals surface area contributed by atoms with Crippen LogP contribution in [0.15, 0.2) is 64.3 Å². The summed E-state index contributed by atoms with van der Waals surface area (Å²) in [6.45, 7) is 0. The largest absolute Gasteiger partial charge is 0.467 e. The first kappa shape index (κ1) is 23.1. The van der Waals surface area contributed by atoms with Gasteiger partial charge in [0, 0.05) is 24.8 Å². The van der Waals surface area contributed by atoms with Crippen molar-refractivity contribution in [2.75, 3.05) is 7.11 Å². The second-order valence-corrected chi connectivity index (χ2v) is 7.12. The molecule has 1 aromatic carbocycles. The van der Waals surface area contributed by atoms with Crippen molar-refractivity contribution in [3.05, 3.63) is 81.1 Å². The molecule has 1 saturated heterocycles. The minimum absolute atomic E-state index is 0.214. The number of hydrogen-bond acceptors (Lipinski definition) is 8. The van der Waals surface area contributed by atoms with Crippen LogP contribution in [0, 0.1) is 0 Å². The van der Waals surface area contributed by atoms with Crippen molar-refractivity contribution >= 4 is 11.9 Å². The normalized spacial score (nSPS) is 23.7. The zero-order valence-corrected chi connectivity index (χ0v) is 17.1. The molecular weight excluding hydrogens is 422 g/mol. The fourth-order valence-corrected chi connectivity index (χ4v) is 3.29. The number of carbonyl (C=O) groups excluding carboxylic acids is 2. The fraction of sp³-hybridized carbons (Fsp3) is 0.333. The summed E-state index contributed by atoms with van der Waals surface area (Å²) in [5.74, 6) is -1.27. The monoisotopic (exact) mass is 445 g/mol. The molecule has 0 spiro atoms. The summed E-state index contributed by atoms with van der Waals surface area (Å²) in [7, 11) is 1.21. The van der Waals surface area contributed by atoms with E-state index in [1.165, 1.54) is 13.2 Å². The van der Waals surface area contributed by atoms with Crippen LogP contribution in [0.2, 0.25) is 0 Å². The molecule has 3 rings (SSSR count). The molecule has 1 amide bonds. The number of aromatic nitrogens is 2. The van der Waals surface area contributed by atoms with Gasteiger partial charge in [-0.15, -0.1) is 0 Å². The average molecular weight is 445 g/mol. The van der Waals surface area contributed by atoms with E-state index >= 15 is 0 Å². The zero-order valence-electron chi connectivity index (χ0n) is 17.1. The summed E-state index contributed by atoms with van der Waals surface area (Å²) in [6, 6.07) is 9.18. The summed E-state index contributed by atoms with van der Waals surface area (Å²) in [4.78, 5) is 49.6. The van der Waals surface area contributed by atoms with Crippen LogP contribution in [0.1, 0.15) is 11.8 Å². The molecule has 4 N–H and O–H groups in total. The molecule has 0 unspecified atom stereocenters. The minimum Gasteiger partial charge on any atom is -0.467 e. The Kier molecular flexibility index (Phi) is 7.36. The van der Waals surface area contributed by atoms with Gasteiger partial charge in [0.1, 0.15) is 24.4 Å². The molecule has 0 bridgehead atoms. The number of methoxy groups -OCH3 is 1. The van der Waals surface area contributed by atoms with Crippen LogP contribution < -0.4 is 16.6 Å². The van der Waals surface area contributed by atoms with Crippen LogP contribution in [0.3, 0.4) is 0 Å². The Labute approximate surface area is 181 Å².